The molecule has 1 fully saturated rings. The van der Waals surface area contributed by atoms with Gasteiger partial charge in [0.15, 0.2) is 0 Å². The average Bonchev–Trinajstić information content (AvgIpc) is 3.53. The van der Waals surface area contributed by atoms with Gasteiger partial charge in [-0.05, 0) is 42.5 Å². The summed E-state index contributed by atoms with van der Waals surface area (Å²) in [6.07, 6.45) is 2.76. The Balaban J connectivity index is 1.20. The molecule has 1 amide bonds. The molecule has 8 nitrogen and oxygen atoms in total. The van der Waals surface area contributed by atoms with Gasteiger partial charge in [0, 0.05) is 36.5 Å². The van der Waals surface area contributed by atoms with Gasteiger partial charge in [0.25, 0.3) is 5.56 Å². The van der Waals surface area contributed by atoms with Crippen molar-refractivity contribution in [2.75, 3.05) is 5.32 Å². The van der Waals surface area contributed by atoms with Crippen LogP contribution in [-0.2, 0) is 11.2 Å². The lowest BCUT2D eigenvalue weighted by Gasteiger charge is -2.23. The predicted molar refractivity (Wildman–Crippen MR) is 127 cm³/mol. The third-order valence-electron chi connectivity index (χ3n) is 6.85. The zero-order chi connectivity index (χ0) is 23.7. The quantitative estimate of drug-likeness (QED) is 0.448. The lowest BCUT2D eigenvalue weighted by atomic mass is 9.99. The molecular weight excluding hydrogens is 432 g/mol. The SMILES string of the molecule is O=C(Nc1ccc(C(O)[C@@H]2CC[C@H]([C@H](O)c3ccccc3)N2)cc1)[C@@H]1CCc2nccc(=O)n21. The van der Waals surface area contributed by atoms with E-state index in [0.717, 1.165) is 24.0 Å². The molecule has 5 atom stereocenters. The maximum atomic E-state index is 12.8. The number of carbonyl (C=O) groups excluding carboxylic acids is 1. The predicted octanol–water partition coefficient (Wildman–Crippen LogP) is 2.26. The maximum absolute atomic E-state index is 12.8. The van der Waals surface area contributed by atoms with Crippen molar-refractivity contribution in [3.63, 3.8) is 0 Å². The Morgan fingerprint density at radius 1 is 0.941 bits per heavy atom. The standard InChI is InChI=1S/C26H28N4O4/c31-23-14-15-27-22-13-12-21(30(22)23)26(34)28-18-8-6-17(7-9-18)25(33)20-11-10-19(29-20)24(32)16-4-2-1-3-5-16/h1-9,14-15,19-21,24-25,29,32-33H,10-13H2,(H,28,34)/t19-,20+,21+,24-,25?/m1/s1. The van der Waals surface area contributed by atoms with Gasteiger partial charge in [-0.3, -0.25) is 14.2 Å². The van der Waals surface area contributed by atoms with E-state index < -0.39 is 18.2 Å². The highest BCUT2D eigenvalue weighted by atomic mass is 16.3. The van der Waals surface area contributed by atoms with E-state index in [1.165, 1.54) is 16.8 Å². The van der Waals surface area contributed by atoms with Gasteiger partial charge in [-0.1, -0.05) is 42.5 Å². The number of hydrogen-bond donors (Lipinski definition) is 4. The van der Waals surface area contributed by atoms with Gasteiger partial charge in [0.05, 0.1) is 12.2 Å². The van der Waals surface area contributed by atoms with E-state index in [1.54, 1.807) is 24.3 Å². The number of hydrogen-bond acceptors (Lipinski definition) is 6. The van der Waals surface area contributed by atoms with E-state index in [9.17, 15) is 19.8 Å². The van der Waals surface area contributed by atoms with Crippen LogP contribution in [0.3, 0.4) is 0 Å². The molecule has 0 radical (unpaired) electrons. The van der Waals surface area contributed by atoms with Crippen molar-refractivity contribution < 1.29 is 15.0 Å². The Labute approximate surface area is 197 Å². The molecule has 0 bridgehead atoms. The Hall–Kier alpha value is -3.33. The largest absolute Gasteiger partial charge is 0.387 e. The maximum Gasteiger partial charge on any atom is 0.254 e. The Morgan fingerprint density at radius 3 is 2.26 bits per heavy atom. The van der Waals surface area contributed by atoms with Crippen LogP contribution in [0.1, 0.15) is 54.5 Å². The second-order valence-corrected chi connectivity index (χ2v) is 8.99. The monoisotopic (exact) mass is 460 g/mol. The zero-order valence-corrected chi connectivity index (χ0v) is 18.7. The fourth-order valence-electron chi connectivity index (χ4n) is 5.02. The molecule has 34 heavy (non-hydrogen) atoms. The van der Waals surface area contributed by atoms with Crippen LogP contribution in [0, 0.1) is 0 Å². The molecule has 0 aliphatic carbocycles. The summed E-state index contributed by atoms with van der Waals surface area (Å²) in [6.45, 7) is 0. The van der Waals surface area contributed by atoms with E-state index in [-0.39, 0.29) is 23.6 Å². The van der Waals surface area contributed by atoms with Crippen molar-refractivity contribution in [2.45, 2.75) is 56.0 Å². The van der Waals surface area contributed by atoms with Crippen molar-refractivity contribution >= 4 is 11.6 Å². The van der Waals surface area contributed by atoms with Crippen molar-refractivity contribution in [1.82, 2.24) is 14.9 Å². The number of anilines is 1. The number of amides is 1. The van der Waals surface area contributed by atoms with Crippen molar-refractivity contribution in [1.29, 1.82) is 0 Å². The molecule has 1 unspecified atom stereocenters. The first-order valence-electron chi connectivity index (χ1n) is 11.7. The zero-order valence-electron chi connectivity index (χ0n) is 18.7. The number of rotatable bonds is 6. The summed E-state index contributed by atoms with van der Waals surface area (Å²) in [5.41, 5.74) is 1.97. The first-order valence-corrected chi connectivity index (χ1v) is 11.7. The molecule has 0 spiro atoms. The highest BCUT2D eigenvalue weighted by molar-refractivity contribution is 5.94. The summed E-state index contributed by atoms with van der Waals surface area (Å²) >= 11 is 0. The lowest BCUT2D eigenvalue weighted by Crippen LogP contribution is -2.37. The van der Waals surface area contributed by atoms with Crippen molar-refractivity contribution in [3.05, 3.63) is 94.2 Å². The highest BCUT2D eigenvalue weighted by Gasteiger charge is 2.34. The molecule has 5 rings (SSSR count). The Bertz CT molecular complexity index is 1210. The van der Waals surface area contributed by atoms with E-state index in [0.29, 0.717) is 24.4 Å². The molecule has 1 aromatic heterocycles. The first-order chi connectivity index (χ1) is 16.5. The second-order valence-electron chi connectivity index (χ2n) is 8.99. The minimum atomic E-state index is -0.732. The second kappa shape index (κ2) is 9.50. The topological polar surface area (TPSA) is 116 Å². The summed E-state index contributed by atoms with van der Waals surface area (Å²) < 4.78 is 1.46. The number of fused-ring (bicyclic) bond motifs is 1. The Morgan fingerprint density at radius 2 is 1.59 bits per heavy atom. The van der Waals surface area contributed by atoms with E-state index in [1.807, 2.05) is 30.3 Å². The third kappa shape index (κ3) is 4.40. The van der Waals surface area contributed by atoms with Gasteiger partial charge in [-0.15, -0.1) is 0 Å². The fraction of sp³-hybridized carbons (Fsp3) is 0.346. The van der Waals surface area contributed by atoms with Crippen LogP contribution in [0.5, 0.6) is 0 Å². The van der Waals surface area contributed by atoms with Crippen LogP contribution < -0.4 is 16.2 Å². The van der Waals surface area contributed by atoms with Crippen molar-refractivity contribution in [2.24, 2.45) is 0 Å². The molecule has 2 aliphatic heterocycles. The van der Waals surface area contributed by atoms with Crippen LogP contribution in [0.4, 0.5) is 5.69 Å². The summed E-state index contributed by atoms with van der Waals surface area (Å²) in [5, 5.41) is 27.8. The average molecular weight is 461 g/mol. The van der Waals surface area contributed by atoms with Gasteiger partial charge in [-0.2, -0.15) is 0 Å². The molecule has 3 aromatic rings. The number of nitrogens with one attached hydrogen (secondary N) is 2. The van der Waals surface area contributed by atoms with Crippen LogP contribution >= 0.6 is 0 Å². The first kappa shape index (κ1) is 22.5. The van der Waals surface area contributed by atoms with Gasteiger partial charge in [0.2, 0.25) is 5.91 Å². The van der Waals surface area contributed by atoms with Gasteiger partial charge < -0.3 is 20.8 Å². The number of benzene rings is 2. The summed E-state index contributed by atoms with van der Waals surface area (Å²) in [4.78, 5) is 29.2. The number of aromatic nitrogens is 2. The van der Waals surface area contributed by atoms with E-state index >= 15 is 0 Å². The van der Waals surface area contributed by atoms with Gasteiger partial charge >= 0.3 is 0 Å². The van der Waals surface area contributed by atoms with E-state index in [4.69, 9.17) is 0 Å². The number of aliphatic hydroxyl groups is 2. The molecule has 4 N–H and O–H groups in total. The highest BCUT2D eigenvalue weighted by Crippen LogP contribution is 2.31. The summed E-state index contributed by atoms with van der Waals surface area (Å²) in [6, 6.07) is 17.1. The van der Waals surface area contributed by atoms with Crippen molar-refractivity contribution in [3.8, 4) is 0 Å². The van der Waals surface area contributed by atoms with Crippen LogP contribution in [-0.4, -0.2) is 37.8 Å². The summed E-state index contributed by atoms with van der Waals surface area (Å²) in [5.74, 6) is 0.378. The number of aliphatic hydroxyl groups excluding tert-OH is 2. The molecule has 3 heterocycles. The molecular formula is C26H28N4O4. The minimum Gasteiger partial charge on any atom is -0.387 e. The molecule has 2 aromatic carbocycles. The van der Waals surface area contributed by atoms with Crippen LogP contribution in [0.2, 0.25) is 0 Å². The minimum absolute atomic E-state index is 0.118. The summed E-state index contributed by atoms with van der Waals surface area (Å²) in [7, 11) is 0. The third-order valence-corrected chi connectivity index (χ3v) is 6.85. The van der Waals surface area contributed by atoms with Crippen LogP contribution in [0.25, 0.3) is 0 Å². The normalized spacial score (nSPS) is 23.3. The van der Waals surface area contributed by atoms with Gasteiger partial charge in [0.1, 0.15) is 11.9 Å². The smallest absolute Gasteiger partial charge is 0.254 e. The molecule has 176 valence electrons. The molecule has 8 heteroatoms. The lowest BCUT2D eigenvalue weighted by molar-refractivity contribution is -0.119. The number of carbonyl (C=O) groups is 1. The fourth-order valence-corrected chi connectivity index (χ4v) is 5.02. The molecule has 0 saturated carbocycles. The molecule has 1 saturated heterocycles. The number of nitrogens with zero attached hydrogens (tertiary/aromatic N) is 2. The Kier molecular flexibility index (Phi) is 6.28. The van der Waals surface area contributed by atoms with E-state index in [2.05, 4.69) is 15.6 Å². The number of aryl methyl sites for hydroxylation is 1. The molecule has 2 aliphatic rings. The van der Waals surface area contributed by atoms with Crippen LogP contribution in [0.15, 0.2) is 71.7 Å². The van der Waals surface area contributed by atoms with Gasteiger partial charge in [-0.25, -0.2) is 4.98 Å².